The van der Waals surface area contributed by atoms with Gasteiger partial charge in [0, 0.05) is 19.3 Å². The van der Waals surface area contributed by atoms with Gasteiger partial charge in [-0.1, -0.05) is 18.2 Å². The van der Waals surface area contributed by atoms with Gasteiger partial charge in [0.2, 0.25) is 0 Å². The van der Waals surface area contributed by atoms with Crippen LogP contribution in [-0.4, -0.2) is 42.1 Å². The van der Waals surface area contributed by atoms with Crippen molar-refractivity contribution in [1.29, 1.82) is 0 Å². The summed E-state index contributed by atoms with van der Waals surface area (Å²) in [6.45, 7) is 4.57. The number of rotatable bonds is 6. The lowest BCUT2D eigenvalue weighted by Gasteiger charge is -2.32. The van der Waals surface area contributed by atoms with Crippen LogP contribution in [0.25, 0.3) is 0 Å². The molecule has 5 heteroatoms. The highest BCUT2D eigenvalue weighted by molar-refractivity contribution is 5.95. The molecule has 25 heavy (non-hydrogen) atoms. The molecule has 0 atom stereocenters. The number of amides is 1. The fourth-order valence-electron chi connectivity index (χ4n) is 3.01. The second-order valence-electron chi connectivity index (χ2n) is 6.14. The van der Waals surface area contributed by atoms with E-state index in [1.807, 2.05) is 42.2 Å². The molecule has 0 N–H and O–H groups in total. The van der Waals surface area contributed by atoms with Crippen LogP contribution >= 0.6 is 0 Å². The first-order chi connectivity index (χ1) is 12.3. The third kappa shape index (κ3) is 4.50. The largest absolute Gasteiger partial charge is 0.493 e. The minimum Gasteiger partial charge on any atom is -0.493 e. The summed E-state index contributed by atoms with van der Waals surface area (Å²) in [5.74, 6) is 1.88. The number of hydrogen-bond donors (Lipinski definition) is 0. The summed E-state index contributed by atoms with van der Waals surface area (Å²) in [4.78, 5) is 18.8. The van der Waals surface area contributed by atoms with Crippen LogP contribution < -0.4 is 9.47 Å². The zero-order chi connectivity index (χ0) is 17.5. The van der Waals surface area contributed by atoms with Crippen molar-refractivity contribution in [2.45, 2.75) is 19.8 Å². The number of para-hydroxylation sites is 1. The van der Waals surface area contributed by atoms with E-state index in [4.69, 9.17) is 9.47 Å². The van der Waals surface area contributed by atoms with E-state index >= 15 is 0 Å². The van der Waals surface area contributed by atoms with E-state index in [9.17, 15) is 4.79 Å². The Morgan fingerprint density at radius 1 is 1.12 bits per heavy atom. The summed E-state index contributed by atoms with van der Waals surface area (Å²) in [5, 5.41) is 0. The molecule has 0 aliphatic carbocycles. The second kappa shape index (κ2) is 8.51. The molecule has 3 rings (SSSR count). The highest BCUT2D eigenvalue weighted by Gasteiger charge is 2.26. The first-order valence-electron chi connectivity index (χ1n) is 8.83. The van der Waals surface area contributed by atoms with Crippen LogP contribution in [0.2, 0.25) is 0 Å². The predicted octanol–water partition coefficient (Wildman–Crippen LogP) is 3.41. The lowest BCUT2D eigenvalue weighted by molar-refractivity contribution is 0.0651. The molecule has 1 aliphatic heterocycles. The van der Waals surface area contributed by atoms with E-state index in [-0.39, 0.29) is 5.91 Å². The Bertz CT molecular complexity index is 682. The number of ether oxygens (including phenoxy) is 2. The van der Waals surface area contributed by atoms with Crippen LogP contribution in [0.3, 0.4) is 0 Å². The first-order valence-corrected chi connectivity index (χ1v) is 8.83. The van der Waals surface area contributed by atoms with E-state index in [2.05, 4.69) is 4.98 Å². The van der Waals surface area contributed by atoms with Crippen molar-refractivity contribution in [2.75, 3.05) is 26.3 Å². The van der Waals surface area contributed by atoms with E-state index in [1.165, 1.54) is 0 Å². The maximum absolute atomic E-state index is 12.7. The molecule has 0 saturated carbocycles. The van der Waals surface area contributed by atoms with Crippen LogP contribution in [0.1, 0.15) is 30.3 Å². The summed E-state index contributed by atoms with van der Waals surface area (Å²) in [7, 11) is 0. The molecule has 1 amide bonds. The standard InChI is InChI=1S/C20H24N2O3/c1-2-24-18-9-6-12-21-19(18)20(23)22-13-10-16(11-14-22)15-25-17-7-4-3-5-8-17/h3-9,12,16H,2,10-11,13-15H2,1H3. The van der Waals surface area contributed by atoms with Crippen LogP contribution in [0.4, 0.5) is 0 Å². The third-order valence-corrected chi connectivity index (χ3v) is 4.40. The second-order valence-corrected chi connectivity index (χ2v) is 6.14. The van der Waals surface area contributed by atoms with E-state index in [0.29, 0.717) is 30.6 Å². The van der Waals surface area contributed by atoms with Crippen LogP contribution in [-0.2, 0) is 0 Å². The minimum atomic E-state index is -0.0496. The number of pyridine rings is 1. The molecule has 0 radical (unpaired) electrons. The van der Waals surface area contributed by atoms with Crippen LogP contribution in [0, 0.1) is 5.92 Å². The van der Waals surface area contributed by atoms with Crippen molar-refractivity contribution in [3.05, 3.63) is 54.4 Å². The Balaban J connectivity index is 1.53. The summed E-state index contributed by atoms with van der Waals surface area (Å²) in [6, 6.07) is 13.4. The fourth-order valence-corrected chi connectivity index (χ4v) is 3.01. The van der Waals surface area contributed by atoms with E-state index in [1.54, 1.807) is 18.3 Å². The fraction of sp³-hybridized carbons (Fsp3) is 0.400. The summed E-state index contributed by atoms with van der Waals surface area (Å²) in [6.07, 6.45) is 3.51. The van der Waals surface area contributed by atoms with Gasteiger partial charge in [-0.2, -0.15) is 0 Å². The summed E-state index contributed by atoms with van der Waals surface area (Å²) < 4.78 is 11.4. The molecule has 1 fully saturated rings. The molecule has 0 bridgehead atoms. The number of likely N-dealkylation sites (tertiary alicyclic amines) is 1. The monoisotopic (exact) mass is 340 g/mol. The Hall–Kier alpha value is -2.56. The zero-order valence-electron chi connectivity index (χ0n) is 14.6. The Labute approximate surface area is 148 Å². The topological polar surface area (TPSA) is 51.7 Å². The maximum atomic E-state index is 12.7. The van der Waals surface area contributed by atoms with Gasteiger partial charge < -0.3 is 14.4 Å². The number of nitrogens with zero attached hydrogens (tertiary/aromatic N) is 2. The molecule has 132 valence electrons. The zero-order valence-corrected chi connectivity index (χ0v) is 14.6. The van der Waals surface area contributed by atoms with Gasteiger partial charge in [-0.05, 0) is 49.9 Å². The molecule has 1 aromatic carbocycles. The average Bonchev–Trinajstić information content (AvgIpc) is 2.68. The Morgan fingerprint density at radius 3 is 2.60 bits per heavy atom. The number of benzene rings is 1. The quantitative estimate of drug-likeness (QED) is 0.809. The van der Waals surface area contributed by atoms with E-state index in [0.717, 1.165) is 31.7 Å². The molecule has 2 aromatic rings. The third-order valence-electron chi connectivity index (χ3n) is 4.40. The molecular formula is C20H24N2O3. The number of piperidine rings is 1. The molecule has 2 heterocycles. The molecule has 0 unspecified atom stereocenters. The van der Waals surface area contributed by atoms with Gasteiger partial charge in [-0.25, -0.2) is 4.98 Å². The minimum absolute atomic E-state index is 0.0496. The lowest BCUT2D eigenvalue weighted by atomic mass is 9.97. The Morgan fingerprint density at radius 2 is 1.88 bits per heavy atom. The molecule has 1 saturated heterocycles. The van der Waals surface area contributed by atoms with Crippen LogP contribution in [0.5, 0.6) is 11.5 Å². The number of carbonyl (C=O) groups is 1. The van der Waals surface area contributed by atoms with Gasteiger partial charge in [0.1, 0.15) is 5.75 Å². The summed E-state index contributed by atoms with van der Waals surface area (Å²) >= 11 is 0. The lowest BCUT2D eigenvalue weighted by Crippen LogP contribution is -2.40. The first kappa shape index (κ1) is 17.3. The highest BCUT2D eigenvalue weighted by Crippen LogP contribution is 2.23. The van der Waals surface area contributed by atoms with Crippen molar-refractivity contribution >= 4 is 5.91 Å². The number of carbonyl (C=O) groups excluding carboxylic acids is 1. The van der Waals surface area contributed by atoms with E-state index < -0.39 is 0 Å². The molecular weight excluding hydrogens is 316 g/mol. The maximum Gasteiger partial charge on any atom is 0.276 e. The van der Waals surface area contributed by atoms with Crippen molar-refractivity contribution < 1.29 is 14.3 Å². The summed E-state index contributed by atoms with van der Waals surface area (Å²) in [5.41, 5.74) is 0.406. The Kier molecular flexibility index (Phi) is 5.88. The average molecular weight is 340 g/mol. The smallest absolute Gasteiger partial charge is 0.276 e. The van der Waals surface area contributed by atoms with Crippen molar-refractivity contribution in [2.24, 2.45) is 5.92 Å². The predicted molar refractivity (Wildman–Crippen MR) is 96.0 cm³/mol. The van der Waals surface area contributed by atoms with Gasteiger partial charge in [-0.15, -0.1) is 0 Å². The van der Waals surface area contributed by atoms with Gasteiger partial charge in [-0.3, -0.25) is 4.79 Å². The van der Waals surface area contributed by atoms with Crippen molar-refractivity contribution in [1.82, 2.24) is 9.88 Å². The van der Waals surface area contributed by atoms with Crippen LogP contribution in [0.15, 0.2) is 48.7 Å². The normalized spacial score (nSPS) is 15.0. The van der Waals surface area contributed by atoms with Gasteiger partial charge in [0.05, 0.1) is 13.2 Å². The molecule has 5 nitrogen and oxygen atoms in total. The molecule has 1 aliphatic rings. The van der Waals surface area contributed by atoms with Crippen molar-refractivity contribution in [3.8, 4) is 11.5 Å². The number of aromatic nitrogens is 1. The van der Waals surface area contributed by atoms with Gasteiger partial charge in [0.15, 0.2) is 11.4 Å². The SMILES string of the molecule is CCOc1cccnc1C(=O)N1CCC(COc2ccccc2)CC1. The van der Waals surface area contributed by atoms with Gasteiger partial charge >= 0.3 is 0 Å². The molecule has 0 spiro atoms. The van der Waals surface area contributed by atoms with Crippen molar-refractivity contribution in [3.63, 3.8) is 0 Å². The highest BCUT2D eigenvalue weighted by atomic mass is 16.5. The molecule has 1 aromatic heterocycles. The van der Waals surface area contributed by atoms with Gasteiger partial charge in [0.25, 0.3) is 5.91 Å². The number of hydrogen-bond acceptors (Lipinski definition) is 4.